The Morgan fingerprint density at radius 3 is 1.97 bits per heavy atom. The largest absolute Gasteiger partial charge is 1.00 e. The summed E-state index contributed by atoms with van der Waals surface area (Å²) in [7, 11) is -3.88. The van der Waals surface area contributed by atoms with Crippen molar-refractivity contribution in [2.75, 3.05) is 12.7 Å². The Morgan fingerprint density at radius 1 is 0.882 bits per heavy atom. The summed E-state index contributed by atoms with van der Waals surface area (Å²) in [6.07, 6.45) is -0.103. The average molecular weight is 547 g/mol. The van der Waals surface area contributed by atoms with E-state index in [-0.39, 0.29) is 29.6 Å². The Labute approximate surface area is 209 Å². The fourth-order valence-electron chi connectivity index (χ4n) is 3.65. The maximum atomic E-state index is 13.2. The Morgan fingerprint density at radius 2 is 1.41 bits per heavy atom. The predicted molar refractivity (Wildman–Crippen MR) is 126 cm³/mol. The number of hydrogen-bond donors (Lipinski definition) is 4. The zero-order valence-electron chi connectivity index (χ0n) is 18.5. The van der Waals surface area contributed by atoms with E-state index >= 15 is 0 Å². The molecule has 0 radical (unpaired) electrons. The van der Waals surface area contributed by atoms with Crippen LogP contribution in [0, 0.1) is 5.92 Å². The lowest BCUT2D eigenvalue weighted by molar-refractivity contribution is -0.397. The van der Waals surface area contributed by atoms with Gasteiger partial charge in [0.15, 0.2) is 5.78 Å². The van der Waals surface area contributed by atoms with Crippen molar-refractivity contribution < 1.29 is 46.9 Å². The Kier molecular flexibility index (Phi) is 10.2. The second-order valence-electron chi connectivity index (χ2n) is 7.94. The summed E-state index contributed by atoms with van der Waals surface area (Å²) < 4.78 is 13.2. The van der Waals surface area contributed by atoms with Gasteiger partial charge in [-0.2, -0.15) is 0 Å². The van der Waals surface area contributed by atoms with Crippen molar-refractivity contribution in [3.8, 4) is 11.1 Å². The van der Waals surface area contributed by atoms with Crippen molar-refractivity contribution in [1.82, 2.24) is 5.32 Å². The molecule has 0 spiro atoms. The smallest absolute Gasteiger partial charge is 0.322 e. The molecule has 3 aromatic carbocycles. The number of carboxylic acid groups (broad SMARTS) is 1. The molecule has 9 heteroatoms. The molecule has 3 aromatic rings. The molecule has 34 heavy (non-hydrogen) atoms. The Balaban J connectivity index is 0.00000408. The van der Waals surface area contributed by atoms with Crippen LogP contribution in [-0.2, 0) is 20.6 Å². The molecule has 1 unspecified atom stereocenters. The third kappa shape index (κ3) is 7.64. The van der Waals surface area contributed by atoms with E-state index < -0.39 is 37.5 Å². The number of halogens is 1. The second kappa shape index (κ2) is 12.6. The highest BCUT2D eigenvalue weighted by Crippen LogP contribution is 2.52. The number of hydrogen-bond acceptors (Lipinski definition) is 3. The zero-order chi connectivity index (χ0) is 23.8. The number of rotatable bonds is 10. The summed E-state index contributed by atoms with van der Waals surface area (Å²) >= 11 is 0. The first-order valence-electron chi connectivity index (χ1n) is 10.6. The van der Waals surface area contributed by atoms with E-state index in [9.17, 15) is 19.0 Å². The van der Waals surface area contributed by atoms with Crippen LogP contribution >= 0.6 is 7.37 Å². The molecule has 3 rings (SSSR count). The maximum Gasteiger partial charge on any atom is 0.322 e. The molecule has 0 aliphatic carbocycles. The quantitative estimate of drug-likeness (QED) is 0.264. The summed E-state index contributed by atoms with van der Waals surface area (Å²) in [6, 6.07) is 26.2. The van der Waals surface area contributed by atoms with Crippen molar-refractivity contribution in [3.63, 3.8) is 0 Å². The van der Waals surface area contributed by atoms with E-state index in [1.165, 1.54) is 0 Å². The first-order chi connectivity index (χ1) is 15.8. The van der Waals surface area contributed by atoms with Crippen LogP contribution in [0.15, 0.2) is 84.9 Å². The molecular formula is C25H28BrN2O5P. The van der Waals surface area contributed by atoms with Crippen molar-refractivity contribution in [2.24, 2.45) is 5.92 Å². The van der Waals surface area contributed by atoms with Gasteiger partial charge in [-0.25, -0.2) is 0 Å². The Bertz CT molecular complexity index is 1130. The molecular weight excluding hydrogens is 519 g/mol. The molecule has 0 saturated carbocycles. The van der Waals surface area contributed by atoms with Gasteiger partial charge >= 0.3 is 5.97 Å². The number of quaternary nitrogens is 1. The van der Waals surface area contributed by atoms with Gasteiger partial charge in [0.2, 0.25) is 5.91 Å². The van der Waals surface area contributed by atoms with Crippen LogP contribution in [-0.4, -0.2) is 34.6 Å². The number of carboxylic acids is 1. The van der Waals surface area contributed by atoms with Crippen LogP contribution in [0.1, 0.15) is 16.9 Å². The predicted octanol–water partition coefficient (Wildman–Crippen LogP) is -0.0718. The number of amides is 1. The normalized spacial score (nSPS) is 14.2. The highest BCUT2D eigenvalue weighted by molar-refractivity contribution is 7.58. The molecule has 0 saturated heterocycles. The van der Waals surface area contributed by atoms with Crippen molar-refractivity contribution >= 4 is 19.2 Å². The zero-order valence-corrected chi connectivity index (χ0v) is 21.0. The minimum atomic E-state index is -3.88. The third-order valence-corrected chi connectivity index (χ3v) is 7.72. The lowest BCUT2D eigenvalue weighted by atomic mass is 9.97. The number of benzene rings is 3. The van der Waals surface area contributed by atoms with Crippen LogP contribution in [0.3, 0.4) is 0 Å². The monoisotopic (exact) mass is 546 g/mol. The van der Waals surface area contributed by atoms with Crippen molar-refractivity contribution in [1.29, 1.82) is 0 Å². The van der Waals surface area contributed by atoms with Gasteiger partial charge in [-0.3, -0.25) is 14.2 Å². The lowest BCUT2D eigenvalue weighted by Crippen LogP contribution is -3.00. The van der Waals surface area contributed by atoms with E-state index in [0.717, 1.165) is 16.7 Å². The summed E-state index contributed by atoms with van der Waals surface area (Å²) in [6.45, 7) is -0.551. The Hall–Kier alpha value is -2.77. The first-order valence-corrected chi connectivity index (χ1v) is 12.5. The molecule has 0 aliphatic rings. The van der Waals surface area contributed by atoms with E-state index in [2.05, 4.69) is 11.1 Å². The highest BCUT2D eigenvalue weighted by Gasteiger charge is 2.37. The molecule has 3 atom stereocenters. The van der Waals surface area contributed by atoms with Crippen LogP contribution in [0.25, 0.3) is 11.1 Å². The number of carbonyl (C=O) groups excluding carboxylic acids is 1. The molecule has 180 valence electrons. The second-order valence-corrected chi connectivity index (χ2v) is 10.4. The fraction of sp³-hybridized carbons (Fsp3) is 0.200. The number of carbonyl (C=O) groups is 2. The molecule has 0 aliphatic heterocycles. The summed E-state index contributed by atoms with van der Waals surface area (Å²) in [5, 5.41) is 11.3. The van der Waals surface area contributed by atoms with Crippen molar-refractivity contribution in [2.45, 2.75) is 12.2 Å². The van der Waals surface area contributed by atoms with Gasteiger partial charge in [-0.05, 0) is 23.1 Å². The first kappa shape index (κ1) is 27.5. The summed E-state index contributed by atoms with van der Waals surface area (Å²) in [5.74, 6) is -3.52. The highest BCUT2D eigenvalue weighted by atomic mass is 79.9. The molecule has 0 fully saturated rings. The SMILES string of the molecule is [Br-].[NH3+][C@@H](c1ccccc1)P(=O)(O)C[C@@H](Cc1ccc(-c2ccccc2)cc1)C(=O)NCC(=O)O. The minimum absolute atomic E-state index is 0. The van der Waals surface area contributed by atoms with Gasteiger partial charge in [-0.1, -0.05) is 84.9 Å². The molecule has 0 bridgehead atoms. The van der Waals surface area contributed by atoms with Crippen LogP contribution in [0.4, 0.5) is 0 Å². The maximum absolute atomic E-state index is 13.2. The van der Waals surface area contributed by atoms with E-state index in [1.54, 1.807) is 30.3 Å². The summed E-state index contributed by atoms with van der Waals surface area (Å²) in [5.41, 5.74) is 7.37. The molecule has 0 aromatic heterocycles. The van der Waals surface area contributed by atoms with Gasteiger partial charge < -0.3 is 38.0 Å². The van der Waals surface area contributed by atoms with E-state index in [1.807, 2.05) is 54.6 Å². The van der Waals surface area contributed by atoms with E-state index in [4.69, 9.17) is 5.11 Å². The fourth-order valence-corrected chi connectivity index (χ4v) is 5.47. The standard InChI is InChI=1S/C25H27N2O5P.BrH/c26-24(21-9-5-2-6-10-21)33(31,32)17-22(25(30)27-16-23(28)29)15-18-11-13-20(14-12-18)19-7-3-1-4-8-19;/h1-14,22,24H,15-17,26H2,(H,27,30)(H,28,29)(H,31,32);1H/t22-,24-;/m1./s1. The van der Waals surface area contributed by atoms with Crippen LogP contribution < -0.4 is 28.0 Å². The van der Waals surface area contributed by atoms with Gasteiger partial charge in [0.1, 0.15) is 6.54 Å². The van der Waals surface area contributed by atoms with Crippen LogP contribution in [0.2, 0.25) is 0 Å². The molecule has 7 nitrogen and oxygen atoms in total. The van der Waals surface area contributed by atoms with E-state index in [0.29, 0.717) is 5.56 Å². The minimum Gasteiger partial charge on any atom is -1.00 e. The lowest BCUT2D eigenvalue weighted by Gasteiger charge is -2.22. The topological polar surface area (TPSA) is 131 Å². The summed E-state index contributed by atoms with van der Waals surface area (Å²) in [4.78, 5) is 34.5. The van der Waals surface area contributed by atoms with Gasteiger partial charge in [0.25, 0.3) is 7.37 Å². The van der Waals surface area contributed by atoms with Gasteiger partial charge in [0, 0.05) is 11.7 Å². The molecule has 0 heterocycles. The van der Waals surface area contributed by atoms with Gasteiger partial charge in [-0.15, -0.1) is 0 Å². The number of nitrogens with one attached hydrogen (secondary N) is 1. The van der Waals surface area contributed by atoms with Crippen molar-refractivity contribution in [3.05, 3.63) is 96.1 Å². The van der Waals surface area contributed by atoms with Gasteiger partial charge in [0.05, 0.1) is 5.92 Å². The third-order valence-electron chi connectivity index (χ3n) is 5.48. The average Bonchev–Trinajstić information content (AvgIpc) is 2.83. The molecule has 1 amide bonds. The molecule has 6 N–H and O–H groups in total. The van der Waals surface area contributed by atoms with Crippen LogP contribution in [0.5, 0.6) is 0 Å². The number of aliphatic carboxylic acids is 1.